The van der Waals surface area contributed by atoms with Gasteiger partial charge in [-0.25, -0.2) is 15.0 Å². The second-order valence-electron chi connectivity index (χ2n) is 6.69. The van der Waals surface area contributed by atoms with Gasteiger partial charge in [0, 0.05) is 48.3 Å². The van der Waals surface area contributed by atoms with Crippen LogP contribution in [0, 0.1) is 11.3 Å². The molecule has 0 saturated carbocycles. The molecule has 5 aromatic rings. The molecule has 0 spiro atoms. The smallest absolute Gasteiger partial charge is 0.258 e. The summed E-state index contributed by atoms with van der Waals surface area (Å²) in [6.45, 7) is 0. The standard InChI is InChI=1S/C22H16N6O/c1-27-9-7-16-11-17(13-25-20(16)27)19-18(15-5-3-14(12-23)4-6-15)26-22(29-2)21-24-8-10-28(19)21/h3-11,13H,1-2H3. The van der Waals surface area contributed by atoms with Gasteiger partial charge in [0.2, 0.25) is 5.65 Å². The second-order valence-corrected chi connectivity index (χ2v) is 6.69. The number of benzene rings is 1. The van der Waals surface area contributed by atoms with Gasteiger partial charge in [-0.15, -0.1) is 0 Å². The fourth-order valence-corrected chi connectivity index (χ4v) is 3.56. The monoisotopic (exact) mass is 380 g/mol. The molecule has 0 aliphatic rings. The van der Waals surface area contributed by atoms with E-state index in [0.717, 1.165) is 33.5 Å². The number of hydrogen-bond donors (Lipinski definition) is 0. The van der Waals surface area contributed by atoms with Crippen LogP contribution in [0.15, 0.2) is 61.2 Å². The number of methoxy groups -OCH3 is 1. The third-order valence-corrected chi connectivity index (χ3v) is 4.97. The van der Waals surface area contributed by atoms with E-state index in [-0.39, 0.29) is 0 Å². The van der Waals surface area contributed by atoms with E-state index in [1.54, 1.807) is 25.4 Å². The number of nitrogens with zero attached hydrogens (tertiary/aromatic N) is 6. The minimum Gasteiger partial charge on any atom is -0.478 e. The van der Waals surface area contributed by atoms with Crippen molar-refractivity contribution in [3.63, 3.8) is 0 Å². The summed E-state index contributed by atoms with van der Waals surface area (Å²) in [4.78, 5) is 13.8. The molecule has 1 aromatic carbocycles. The molecule has 0 unspecified atom stereocenters. The highest BCUT2D eigenvalue weighted by Gasteiger charge is 2.19. The predicted octanol–water partition coefficient (Wildman–Crippen LogP) is 3.83. The lowest BCUT2D eigenvalue weighted by Crippen LogP contribution is -2.02. The summed E-state index contributed by atoms with van der Waals surface area (Å²) in [5.74, 6) is 0.437. The predicted molar refractivity (Wildman–Crippen MR) is 109 cm³/mol. The van der Waals surface area contributed by atoms with Crippen LogP contribution in [0.25, 0.3) is 39.2 Å². The molecule has 0 radical (unpaired) electrons. The van der Waals surface area contributed by atoms with Crippen LogP contribution in [0.5, 0.6) is 5.88 Å². The first kappa shape index (κ1) is 17.0. The van der Waals surface area contributed by atoms with Crippen molar-refractivity contribution >= 4 is 16.7 Å². The maximum Gasteiger partial charge on any atom is 0.258 e. The maximum absolute atomic E-state index is 9.12. The molecule has 0 aliphatic carbocycles. The van der Waals surface area contributed by atoms with Gasteiger partial charge in [-0.1, -0.05) is 12.1 Å². The van der Waals surface area contributed by atoms with E-state index in [2.05, 4.69) is 22.1 Å². The molecule has 4 aromatic heterocycles. The largest absolute Gasteiger partial charge is 0.478 e. The van der Waals surface area contributed by atoms with E-state index >= 15 is 0 Å². The second kappa shape index (κ2) is 6.46. The van der Waals surface area contributed by atoms with E-state index in [1.807, 2.05) is 52.8 Å². The lowest BCUT2D eigenvalue weighted by atomic mass is 10.0. The van der Waals surface area contributed by atoms with E-state index in [1.165, 1.54) is 0 Å². The summed E-state index contributed by atoms with van der Waals surface area (Å²) in [6.07, 6.45) is 7.44. The van der Waals surface area contributed by atoms with Gasteiger partial charge in [0.05, 0.1) is 30.1 Å². The minimum atomic E-state index is 0.437. The SMILES string of the molecule is COc1nc(-c2ccc(C#N)cc2)c(-c2cnc3c(ccn3C)c2)n2ccnc12. The molecule has 5 rings (SSSR count). The Kier molecular flexibility index (Phi) is 3.78. The first-order valence-corrected chi connectivity index (χ1v) is 9.02. The van der Waals surface area contributed by atoms with Crippen molar-refractivity contribution in [2.45, 2.75) is 0 Å². The number of ether oxygens (including phenoxy) is 1. The van der Waals surface area contributed by atoms with Crippen molar-refractivity contribution < 1.29 is 4.74 Å². The molecular formula is C22H16N6O. The normalized spacial score (nSPS) is 11.1. The van der Waals surface area contributed by atoms with Crippen LogP contribution in [-0.2, 0) is 7.05 Å². The zero-order valence-corrected chi connectivity index (χ0v) is 15.9. The fourth-order valence-electron chi connectivity index (χ4n) is 3.56. The van der Waals surface area contributed by atoms with Crippen LogP contribution in [-0.4, -0.2) is 31.0 Å². The highest BCUT2D eigenvalue weighted by atomic mass is 16.5. The van der Waals surface area contributed by atoms with Crippen molar-refractivity contribution in [2.24, 2.45) is 7.05 Å². The Morgan fingerprint density at radius 2 is 1.83 bits per heavy atom. The van der Waals surface area contributed by atoms with Gasteiger partial charge >= 0.3 is 0 Å². The molecule has 0 atom stereocenters. The Bertz CT molecular complexity index is 1410. The first-order valence-electron chi connectivity index (χ1n) is 9.02. The van der Waals surface area contributed by atoms with Crippen molar-refractivity contribution in [3.8, 4) is 34.5 Å². The van der Waals surface area contributed by atoms with Gasteiger partial charge in [0.15, 0.2) is 0 Å². The third-order valence-electron chi connectivity index (χ3n) is 4.97. The van der Waals surface area contributed by atoms with Gasteiger partial charge in [0.25, 0.3) is 5.88 Å². The third kappa shape index (κ3) is 2.62. The van der Waals surface area contributed by atoms with Crippen molar-refractivity contribution in [3.05, 3.63) is 66.7 Å². The Hall–Kier alpha value is -4.18. The molecule has 0 N–H and O–H groups in total. The molecule has 7 nitrogen and oxygen atoms in total. The van der Waals surface area contributed by atoms with Gasteiger partial charge in [-0.3, -0.25) is 4.40 Å². The van der Waals surface area contributed by atoms with Crippen LogP contribution in [0.4, 0.5) is 0 Å². The van der Waals surface area contributed by atoms with Crippen LogP contribution in [0.3, 0.4) is 0 Å². The zero-order valence-electron chi connectivity index (χ0n) is 15.9. The van der Waals surface area contributed by atoms with E-state index < -0.39 is 0 Å². The number of pyridine rings is 1. The average Bonchev–Trinajstić information content (AvgIpc) is 3.39. The maximum atomic E-state index is 9.12. The fraction of sp³-hybridized carbons (Fsp3) is 0.0909. The minimum absolute atomic E-state index is 0.437. The molecule has 0 aliphatic heterocycles. The summed E-state index contributed by atoms with van der Waals surface area (Å²) >= 11 is 0. The number of imidazole rings is 1. The van der Waals surface area contributed by atoms with Gasteiger partial charge in [0.1, 0.15) is 5.65 Å². The van der Waals surface area contributed by atoms with E-state index in [0.29, 0.717) is 17.1 Å². The van der Waals surface area contributed by atoms with Crippen LogP contribution < -0.4 is 4.74 Å². The topological polar surface area (TPSA) is 81.0 Å². The first-order chi connectivity index (χ1) is 14.2. The number of rotatable bonds is 3. The van der Waals surface area contributed by atoms with Gasteiger partial charge in [-0.05, 0) is 24.3 Å². The van der Waals surface area contributed by atoms with Gasteiger partial charge < -0.3 is 9.30 Å². The number of aryl methyl sites for hydroxylation is 1. The molecule has 7 heteroatoms. The highest BCUT2D eigenvalue weighted by molar-refractivity contribution is 5.87. The highest BCUT2D eigenvalue weighted by Crippen LogP contribution is 2.35. The lowest BCUT2D eigenvalue weighted by Gasteiger charge is -2.14. The molecule has 0 amide bonds. The average molecular weight is 380 g/mol. The Morgan fingerprint density at radius 3 is 2.59 bits per heavy atom. The molecule has 29 heavy (non-hydrogen) atoms. The molecule has 140 valence electrons. The van der Waals surface area contributed by atoms with E-state index in [9.17, 15) is 0 Å². The van der Waals surface area contributed by atoms with Gasteiger partial charge in [-0.2, -0.15) is 5.26 Å². The summed E-state index contributed by atoms with van der Waals surface area (Å²) in [6, 6.07) is 13.6. The zero-order chi connectivity index (χ0) is 20.0. The van der Waals surface area contributed by atoms with Crippen LogP contribution in [0.2, 0.25) is 0 Å². The summed E-state index contributed by atoms with van der Waals surface area (Å²) < 4.78 is 9.44. The summed E-state index contributed by atoms with van der Waals surface area (Å²) in [7, 11) is 3.55. The van der Waals surface area contributed by atoms with Crippen molar-refractivity contribution in [1.29, 1.82) is 5.26 Å². The molecule has 0 bridgehead atoms. The van der Waals surface area contributed by atoms with Crippen molar-refractivity contribution in [1.82, 2.24) is 23.9 Å². The quantitative estimate of drug-likeness (QED) is 0.475. The molecular weight excluding hydrogens is 364 g/mol. The molecule has 0 saturated heterocycles. The molecule has 4 heterocycles. The van der Waals surface area contributed by atoms with Crippen molar-refractivity contribution in [2.75, 3.05) is 7.11 Å². The Balaban J connectivity index is 1.84. The Morgan fingerprint density at radius 1 is 1.00 bits per heavy atom. The summed E-state index contributed by atoms with van der Waals surface area (Å²) in [5, 5.41) is 10.2. The number of nitriles is 1. The molecule has 0 fully saturated rings. The number of fused-ring (bicyclic) bond motifs is 2. The van der Waals surface area contributed by atoms with E-state index in [4.69, 9.17) is 15.0 Å². The van der Waals surface area contributed by atoms with Crippen LogP contribution >= 0.6 is 0 Å². The summed E-state index contributed by atoms with van der Waals surface area (Å²) in [5.41, 5.74) is 5.53. The lowest BCUT2D eigenvalue weighted by molar-refractivity contribution is 0.401. The van der Waals surface area contributed by atoms with Crippen LogP contribution in [0.1, 0.15) is 5.56 Å². The Labute approximate surface area is 166 Å². The number of hydrogen-bond acceptors (Lipinski definition) is 5. The number of aromatic nitrogens is 5.